The number of thioether (sulfide) groups is 1. The molecule has 1 fully saturated rings. The molecule has 1 unspecified atom stereocenters. The second-order valence-corrected chi connectivity index (χ2v) is 3.25. The zero-order chi connectivity index (χ0) is 9.14. The lowest BCUT2D eigenvalue weighted by Gasteiger charge is -2.00. The van der Waals surface area contributed by atoms with Crippen LogP contribution in [-0.2, 0) is 0 Å². The molecule has 1 rings (SSSR count). The highest BCUT2D eigenvalue weighted by Gasteiger charge is 2.24. The predicted octanol–water partition coefficient (Wildman–Crippen LogP) is 0.851. The normalized spacial score (nSPS) is 25.6. The molecule has 64 valence electrons. The summed E-state index contributed by atoms with van der Waals surface area (Å²) in [6.45, 7) is 3.51. The molecule has 1 atom stereocenters. The Balaban J connectivity index is 2.75. The molecule has 12 heavy (non-hydrogen) atoms. The van der Waals surface area contributed by atoms with Gasteiger partial charge in [0.05, 0.1) is 0 Å². The molecule has 1 heterocycles. The van der Waals surface area contributed by atoms with E-state index in [0.29, 0.717) is 10.5 Å². The van der Waals surface area contributed by atoms with Gasteiger partial charge in [0.2, 0.25) is 0 Å². The zero-order valence-electron chi connectivity index (χ0n) is 6.20. The van der Waals surface area contributed by atoms with Crippen molar-refractivity contribution in [1.82, 2.24) is 5.32 Å². The molecular weight excluding hydrogens is 176 g/mol. The monoisotopic (exact) mass is 184 g/mol. The average Bonchev–Trinajstić information content (AvgIpc) is 2.30. The number of aliphatic hydroxyl groups excluding tert-OH is 1. The van der Waals surface area contributed by atoms with Gasteiger partial charge in [-0.2, -0.15) is 0 Å². The van der Waals surface area contributed by atoms with Crippen LogP contribution in [0.2, 0.25) is 0 Å². The van der Waals surface area contributed by atoms with Gasteiger partial charge < -0.3 is 15.8 Å². The molecule has 0 aromatic heterocycles. The van der Waals surface area contributed by atoms with E-state index in [0.717, 1.165) is 18.0 Å². The van der Waals surface area contributed by atoms with E-state index in [2.05, 4.69) is 11.9 Å². The van der Waals surface area contributed by atoms with Crippen molar-refractivity contribution in [2.24, 2.45) is 0 Å². The minimum Gasteiger partial charge on any atom is -0.369 e. The number of allylic oxidation sites excluding steroid dienone is 2. The molecule has 1 aliphatic heterocycles. The summed E-state index contributed by atoms with van der Waals surface area (Å²) in [6, 6.07) is 0. The van der Waals surface area contributed by atoms with Gasteiger partial charge in [-0.3, -0.25) is 4.79 Å². The Kier molecular flexibility index (Phi) is 2.67. The van der Waals surface area contributed by atoms with Crippen molar-refractivity contribution in [3.8, 4) is 0 Å². The number of hydrogen-bond acceptors (Lipinski definition) is 4. The largest absolute Gasteiger partial charge is 0.369 e. The number of rotatable bonds is 2. The maximum Gasteiger partial charge on any atom is 0.285 e. The molecule has 1 aliphatic rings. The first-order valence-electron chi connectivity index (χ1n) is 3.21. The van der Waals surface area contributed by atoms with Gasteiger partial charge in [-0.1, -0.05) is 6.58 Å². The highest BCUT2D eigenvalue weighted by molar-refractivity contribution is 8.17. The maximum absolute atomic E-state index is 10.7. The van der Waals surface area contributed by atoms with Gasteiger partial charge >= 0.3 is 0 Å². The Morgan fingerprint density at radius 3 is 2.92 bits per heavy atom. The van der Waals surface area contributed by atoms with Crippen LogP contribution < -0.4 is 5.32 Å². The summed E-state index contributed by atoms with van der Waals surface area (Å²) in [5, 5.41) is 18.0. The second-order valence-electron chi connectivity index (χ2n) is 2.20. The fraction of sp³-hybridized carbons (Fsp3) is 0.143. The third-order valence-corrected chi connectivity index (χ3v) is 2.13. The molecule has 0 aromatic rings. The first-order valence-corrected chi connectivity index (χ1v) is 4.02. The lowest BCUT2D eigenvalue weighted by molar-refractivity contribution is 0.191. The first kappa shape index (κ1) is 9.02. The van der Waals surface area contributed by atoms with Gasteiger partial charge in [0, 0.05) is 11.1 Å². The highest BCUT2D eigenvalue weighted by Crippen LogP contribution is 2.26. The standard InChI is InChI=1S/C7H8N2O2S/c1-4(3-8)2-5-6(10)9-7(11)12-5/h2-3,6,8,10H,1H2,(H,9,11). The Morgan fingerprint density at radius 1 is 1.83 bits per heavy atom. The van der Waals surface area contributed by atoms with Crippen molar-refractivity contribution in [3.05, 3.63) is 23.1 Å². The van der Waals surface area contributed by atoms with Crippen molar-refractivity contribution in [2.45, 2.75) is 6.23 Å². The van der Waals surface area contributed by atoms with Crippen LogP contribution in [-0.4, -0.2) is 22.8 Å². The topological polar surface area (TPSA) is 73.2 Å². The summed E-state index contributed by atoms with van der Waals surface area (Å²) in [4.78, 5) is 11.2. The van der Waals surface area contributed by atoms with Crippen molar-refractivity contribution in [2.75, 3.05) is 0 Å². The number of carbonyl (C=O) groups is 1. The van der Waals surface area contributed by atoms with E-state index in [9.17, 15) is 4.79 Å². The summed E-state index contributed by atoms with van der Waals surface area (Å²) in [5.74, 6) is 0. The van der Waals surface area contributed by atoms with Crippen LogP contribution in [0.3, 0.4) is 0 Å². The lowest BCUT2D eigenvalue weighted by Crippen LogP contribution is -2.24. The summed E-state index contributed by atoms with van der Waals surface area (Å²) in [6.07, 6.45) is 1.61. The first-order chi connectivity index (χ1) is 5.63. The molecule has 0 spiro atoms. The number of hydrogen-bond donors (Lipinski definition) is 3. The molecule has 0 saturated carbocycles. The van der Waals surface area contributed by atoms with E-state index in [1.807, 2.05) is 0 Å². The predicted molar refractivity (Wildman–Crippen MR) is 48.1 cm³/mol. The summed E-state index contributed by atoms with van der Waals surface area (Å²) < 4.78 is 0. The number of aliphatic hydroxyl groups is 1. The number of amides is 1. The maximum atomic E-state index is 10.7. The average molecular weight is 184 g/mol. The SMILES string of the molecule is C=C(C=N)C=C1SC(=O)NC1O. The van der Waals surface area contributed by atoms with Crippen molar-refractivity contribution in [3.63, 3.8) is 0 Å². The Hall–Kier alpha value is -1.07. The number of nitrogens with one attached hydrogen (secondary N) is 2. The Bertz CT molecular complexity index is 273. The molecular formula is C7H8N2O2S. The van der Waals surface area contributed by atoms with Crippen molar-refractivity contribution < 1.29 is 9.90 Å². The van der Waals surface area contributed by atoms with Crippen molar-refractivity contribution in [1.29, 1.82) is 5.41 Å². The minimum absolute atomic E-state index is 0.286. The second kappa shape index (κ2) is 3.55. The van der Waals surface area contributed by atoms with Gasteiger partial charge in [0.15, 0.2) is 6.23 Å². The van der Waals surface area contributed by atoms with E-state index in [4.69, 9.17) is 10.5 Å². The van der Waals surface area contributed by atoms with Gasteiger partial charge in [-0.05, 0) is 23.4 Å². The molecule has 0 aromatic carbocycles. The molecule has 3 N–H and O–H groups in total. The molecule has 0 radical (unpaired) electrons. The van der Waals surface area contributed by atoms with Crippen LogP contribution >= 0.6 is 11.8 Å². The highest BCUT2D eigenvalue weighted by atomic mass is 32.2. The van der Waals surface area contributed by atoms with E-state index in [1.165, 1.54) is 6.08 Å². The smallest absolute Gasteiger partial charge is 0.285 e. The van der Waals surface area contributed by atoms with E-state index in [-0.39, 0.29) is 5.24 Å². The molecule has 0 bridgehead atoms. The Labute approximate surface area is 73.9 Å². The van der Waals surface area contributed by atoms with Crippen LogP contribution in [0.15, 0.2) is 23.1 Å². The molecule has 4 nitrogen and oxygen atoms in total. The molecule has 5 heteroatoms. The van der Waals surface area contributed by atoms with Gasteiger partial charge in [-0.15, -0.1) is 0 Å². The van der Waals surface area contributed by atoms with Gasteiger partial charge in [0.25, 0.3) is 5.24 Å². The molecule has 0 aliphatic carbocycles. The fourth-order valence-electron chi connectivity index (χ4n) is 0.708. The van der Waals surface area contributed by atoms with Crippen LogP contribution in [0.1, 0.15) is 0 Å². The zero-order valence-corrected chi connectivity index (χ0v) is 7.02. The third-order valence-electron chi connectivity index (χ3n) is 1.25. The van der Waals surface area contributed by atoms with E-state index < -0.39 is 6.23 Å². The molecule has 1 amide bonds. The molecule has 1 saturated heterocycles. The van der Waals surface area contributed by atoms with Gasteiger partial charge in [-0.25, -0.2) is 0 Å². The third kappa shape index (κ3) is 1.96. The quantitative estimate of drug-likeness (QED) is 0.557. The van der Waals surface area contributed by atoms with Crippen LogP contribution in [0.5, 0.6) is 0 Å². The fourth-order valence-corrected chi connectivity index (χ4v) is 1.47. The summed E-state index contributed by atoms with van der Waals surface area (Å²) >= 11 is 0.914. The van der Waals surface area contributed by atoms with E-state index >= 15 is 0 Å². The van der Waals surface area contributed by atoms with Crippen LogP contribution in [0.4, 0.5) is 4.79 Å². The van der Waals surface area contributed by atoms with Gasteiger partial charge in [0.1, 0.15) is 0 Å². The van der Waals surface area contributed by atoms with Crippen molar-refractivity contribution >= 4 is 23.2 Å². The lowest BCUT2D eigenvalue weighted by atomic mass is 10.3. The summed E-state index contributed by atoms with van der Waals surface area (Å²) in [5.41, 5.74) is 0.452. The minimum atomic E-state index is -0.945. The van der Waals surface area contributed by atoms with E-state index in [1.54, 1.807) is 0 Å². The summed E-state index contributed by atoms with van der Waals surface area (Å²) in [7, 11) is 0. The van der Waals surface area contributed by atoms with Crippen LogP contribution in [0, 0.1) is 5.41 Å². The number of carbonyl (C=O) groups excluding carboxylic acids is 1. The van der Waals surface area contributed by atoms with Crippen LogP contribution in [0.25, 0.3) is 0 Å². The Morgan fingerprint density at radius 2 is 2.50 bits per heavy atom.